The van der Waals surface area contributed by atoms with Crippen molar-refractivity contribution >= 4 is 27.8 Å². The minimum Gasteiger partial charge on any atom is -0.309 e. The van der Waals surface area contributed by atoms with Gasteiger partial charge in [-0.25, -0.2) is 0 Å². The highest BCUT2D eigenvalue weighted by atomic mass is 15.2. The Morgan fingerprint density at radius 1 is 0.438 bits per heavy atom. The van der Waals surface area contributed by atoms with Crippen molar-refractivity contribution in [1.29, 1.82) is 0 Å². The van der Waals surface area contributed by atoms with Crippen LogP contribution < -0.4 is 4.90 Å². The molecule has 312 valence electrons. The molecule has 64 heavy (non-hydrogen) atoms. The second-order valence-electron chi connectivity index (χ2n) is 19.0. The molecule has 0 radical (unpaired) electrons. The third-order valence-corrected chi connectivity index (χ3v) is 14.3. The summed E-state index contributed by atoms with van der Waals surface area (Å²) in [5.41, 5.74) is 18.3. The van der Waals surface area contributed by atoms with Crippen molar-refractivity contribution in [1.82, 2.24) is 0 Å². The SMILES string of the molecule is CC(C)(C)c1ccc(N(c2ccccc2-c2cccc3cccc(C4CCCCC4)c23)c2cccc3c2-c2ccccc2C3(c2ccccc2)c2ccccc2)c(-c2ccccc2)c1. The van der Waals surface area contributed by atoms with Crippen LogP contribution in [0, 0.1) is 0 Å². The minimum absolute atomic E-state index is 0.0405. The van der Waals surface area contributed by atoms with E-state index in [0.29, 0.717) is 5.92 Å². The average Bonchev–Trinajstić information content (AvgIpc) is 3.66. The lowest BCUT2D eigenvalue weighted by molar-refractivity contribution is 0.445. The molecule has 1 nitrogen and oxygen atoms in total. The number of para-hydroxylation sites is 1. The Morgan fingerprint density at radius 3 is 1.69 bits per heavy atom. The Hall–Kier alpha value is -6.96. The molecule has 0 atom stereocenters. The Kier molecular flexibility index (Phi) is 10.2. The number of fused-ring (bicyclic) bond motifs is 4. The molecule has 0 aliphatic heterocycles. The summed E-state index contributed by atoms with van der Waals surface area (Å²) in [6.07, 6.45) is 6.44. The standard InChI is InChI=1S/C63H55N/c1-62(2,3)49-41-42-58(54(43-49)45-25-10-5-11-26-45)64(57-39-19-17-33-51(57)52-36-21-28-46-27-20-35-50(60(46)52)44-23-8-4-9-24-44)59-40-22-38-56-61(59)53-34-16-18-37-55(53)63(56,47-29-12-6-13-30-47)48-31-14-7-15-32-48/h5-7,10-22,25-44H,4,8-9,23-24H2,1-3H3. The zero-order valence-electron chi connectivity index (χ0n) is 37.3. The van der Waals surface area contributed by atoms with Crippen molar-refractivity contribution < 1.29 is 0 Å². The van der Waals surface area contributed by atoms with Crippen molar-refractivity contribution in [3.63, 3.8) is 0 Å². The van der Waals surface area contributed by atoms with Gasteiger partial charge in [-0.15, -0.1) is 0 Å². The van der Waals surface area contributed by atoms with E-state index in [1.54, 1.807) is 0 Å². The maximum atomic E-state index is 2.62. The third-order valence-electron chi connectivity index (χ3n) is 14.3. The highest BCUT2D eigenvalue weighted by Gasteiger charge is 2.47. The maximum Gasteiger partial charge on any atom is 0.0714 e. The smallest absolute Gasteiger partial charge is 0.0714 e. The molecular formula is C63H55N. The summed E-state index contributed by atoms with van der Waals surface area (Å²) in [7, 11) is 0. The van der Waals surface area contributed by atoms with E-state index in [0.717, 1.165) is 11.4 Å². The molecule has 0 unspecified atom stereocenters. The third kappa shape index (κ3) is 6.60. The van der Waals surface area contributed by atoms with Gasteiger partial charge in [-0.3, -0.25) is 0 Å². The molecule has 0 amide bonds. The second kappa shape index (κ2) is 16.3. The lowest BCUT2D eigenvalue weighted by Crippen LogP contribution is -2.28. The summed E-state index contributed by atoms with van der Waals surface area (Å²) < 4.78 is 0. The molecule has 0 spiro atoms. The fraction of sp³-hybridized carbons (Fsp3) is 0.175. The molecule has 0 aromatic heterocycles. The van der Waals surface area contributed by atoms with Crippen LogP contribution in [0.2, 0.25) is 0 Å². The first-order chi connectivity index (χ1) is 31.4. The number of benzene rings is 9. The van der Waals surface area contributed by atoms with Crippen LogP contribution in [0.3, 0.4) is 0 Å². The van der Waals surface area contributed by atoms with Crippen LogP contribution in [0.15, 0.2) is 212 Å². The van der Waals surface area contributed by atoms with Gasteiger partial charge in [0.2, 0.25) is 0 Å². The van der Waals surface area contributed by atoms with Crippen LogP contribution in [0.4, 0.5) is 17.1 Å². The van der Waals surface area contributed by atoms with Gasteiger partial charge in [0.25, 0.3) is 0 Å². The molecular weight excluding hydrogens is 771 g/mol. The van der Waals surface area contributed by atoms with Gasteiger partial charge in [0.05, 0.1) is 22.5 Å². The quantitative estimate of drug-likeness (QED) is 0.148. The van der Waals surface area contributed by atoms with Crippen molar-refractivity contribution in [2.45, 2.75) is 69.6 Å². The predicted molar refractivity (Wildman–Crippen MR) is 271 cm³/mol. The van der Waals surface area contributed by atoms with Gasteiger partial charge in [0.15, 0.2) is 0 Å². The van der Waals surface area contributed by atoms with Gasteiger partial charge in [-0.05, 0) is 109 Å². The summed E-state index contributed by atoms with van der Waals surface area (Å²) in [4.78, 5) is 2.62. The van der Waals surface area contributed by atoms with Gasteiger partial charge in [0.1, 0.15) is 0 Å². The number of nitrogens with zero attached hydrogens (tertiary/aromatic N) is 1. The van der Waals surface area contributed by atoms with Crippen molar-refractivity contribution in [3.05, 3.63) is 246 Å². The first-order valence-electron chi connectivity index (χ1n) is 23.4. The van der Waals surface area contributed by atoms with Crippen molar-refractivity contribution in [3.8, 4) is 33.4 Å². The van der Waals surface area contributed by atoms with Crippen LogP contribution >= 0.6 is 0 Å². The maximum absolute atomic E-state index is 2.62. The largest absolute Gasteiger partial charge is 0.309 e. The Balaban J connectivity index is 1.26. The van der Waals surface area contributed by atoms with Gasteiger partial charge in [-0.2, -0.15) is 0 Å². The molecule has 0 bridgehead atoms. The van der Waals surface area contributed by atoms with E-state index in [1.807, 2.05) is 0 Å². The first-order valence-corrected chi connectivity index (χ1v) is 23.4. The van der Waals surface area contributed by atoms with Crippen molar-refractivity contribution in [2.75, 3.05) is 4.90 Å². The molecule has 2 aliphatic rings. The van der Waals surface area contributed by atoms with Gasteiger partial charge in [-0.1, -0.05) is 228 Å². The van der Waals surface area contributed by atoms with E-state index >= 15 is 0 Å². The Morgan fingerprint density at radius 2 is 0.984 bits per heavy atom. The Bertz CT molecular complexity index is 3070. The minimum atomic E-state index is -0.529. The lowest BCUT2D eigenvalue weighted by atomic mass is 9.68. The highest BCUT2D eigenvalue weighted by Crippen LogP contribution is 2.60. The zero-order valence-corrected chi connectivity index (χ0v) is 37.3. The molecule has 0 saturated heterocycles. The number of hydrogen-bond donors (Lipinski definition) is 0. The van der Waals surface area contributed by atoms with Crippen molar-refractivity contribution in [2.24, 2.45) is 0 Å². The molecule has 0 N–H and O–H groups in total. The highest BCUT2D eigenvalue weighted by molar-refractivity contribution is 6.06. The molecule has 9 aromatic carbocycles. The molecule has 11 rings (SSSR count). The fourth-order valence-electron chi connectivity index (χ4n) is 11.3. The fourth-order valence-corrected chi connectivity index (χ4v) is 11.3. The molecule has 1 fully saturated rings. The summed E-state index contributed by atoms with van der Waals surface area (Å²) in [5, 5.41) is 2.71. The van der Waals surface area contributed by atoms with Crippen LogP contribution in [-0.2, 0) is 10.8 Å². The Labute approximate surface area is 379 Å². The molecule has 2 aliphatic carbocycles. The van der Waals surface area contributed by atoms with Gasteiger partial charge < -0.3 is 4.90 Å². The van der Waals surface area contributed by atoms with E-state index in [1.165, 1.54) is 115 Å². The van der Waals surface area contributed by atoms with Gasteiger partial charge in [0, 0.05) is 16.7 Å². The summed E-state index contributed by atoms with van der Waals surface area (Å²) >= 11 is 0. The van der Waals surface area contributed by atoms with E-state index in [2.05, 4.69) is 238 Å². The molecule has 1 heteroatoms. The average molecular weight is 826 g/mol. The van der Waals surface area contributed by atoms with Crippen LogP contribution in [0.5, 0.6) is 0 Å². The van der Waals surface area contributed by atoms with E-state index < -0.39 is 5.41 Å². The molecule has 9 aromatic rings. The summed E-state index contributed by atoms with van der Waals surface area (Å²) in [5.74, 6) is 0.564. The zero-order chi connectivity index (χ0) is 43.3. The van der Waals surface area contributed by atoms with Crippen LogP contribution in [-0.4, -0.2) is 0 Å². The number of anilines is 3. The number of hydrogen-bond acceptors (Lipinski definition) is 1. The van der Waals surface area contributed by atoms with Crippen LogP contribution in [0.1, 0.15) is 92.2 Å². The molecule has 1 saturated carbocycles. The second-order valence-corrected chi connectivity index (χ2v) is 19.0. The summed E-state index contributed by atoms with van der Waals surface area (Å²) in [6, 6.07) is 80.0. The topological polar surface area (TPSA) is 3.24 Å². The van der Waals surface area contributed by atoms with E-state index in [4.69, 9.17) is 0 Å². The normalized spacial score (nSPS) is 14.5. The van der Waals surface area contributed by atoms with Gasteiger partial charge >= 0.3 is 0 Å². The van der Waals surface area contributed by atoms with E-state index in [-0.39, 0.29) is 5.41 Å². The molecule has 0 heterocycles. The number of rotatable bonds is 8. The monoisotopic (exact) mass is 825 g/mol. The predicted octanol–water partition coefficient (Wildman–Crippen LogP) is 17.4. The lowest BCUT2D eigenvalue weighted by Gasteiger charge is -2.35. The van der Waals surface area contributed by atoms with Crippen LogP contribution in [0.25, 0.3) is 44.2 Å². The first kappa shape index (κ1) is 39.9. The summed E-state index contributed by atoms with van der Waals surface area (Å²) in [6.45, 7) is 6.96. The van der Waals surface area contributed by atoms with E-state index in [9.17, 15) is 0 Å².